The maximum atomic E-state index is 7.82. The minimum Gasteiger partial charge on any atom is -0.316 e. The molecule has 0 amide bonds. The third kappa shape index (κ3) is 4.27. The second-order valence-electron chi connectivity index (χ2n) is 0.805. The van der Waals surface area contributed by atoms with Gasteiger partial charge in [-0.15, -0.1) is 0 Å². The smallest absolute Gasteiger partial charge is 0.0714 e. The molecule has 0 saturated heterocycles. The van der Waals surface area contributed by atoms with E-state index in [9.17, 15) is 0 Å². The van der Waals surface area contributed by atoms with Gasteiger partial charge < -0.3 is 5.21 Å². The van der Waals surface area contributed by atoms with Crippen molar-refractivity contribution >= 4 is 12.6 Å². The van der Waals surface area contributed by atoms with Gasteiger partial charge in [0.1, 0.15) is 0 Å². The molecule has 0 aromatic carbocycles. The van der Waals surface area contributed by atoms with E-state index in [1.54, 1.807) is 6.92 Å². The first-order chi connectivity index (χ1) is 2.27. The monoisotopic (exact) mass is 93.0 g/mol. The molecule has 0 radical (unpaired) electrons. The van der Waals surface area contributed by atoms with Crippen molar-refractivity contribution in [2.24, 2.45) is 0 Å². The van der Waals surface area contributed by atoms with E-state index in [0.717, 1.165) is 0 Å². The molecular formula is C2H7NOS. The van der Waals surface area contributed by atoms with Gasteiger partial charge in [0.25, 0.3) is 0 Å². The first-order valence-electron chi connectivity index (χ1n) is 1.35. The molecule has 0 rings (SSSR count). The van der Waals surface area contributed by atoms with Crippen molar-refractivity contribution in [3.63, 3.8) is 0 Å². The summed E-state index contributed by atoms with van der Waals surface area (Å²) in [6.07, 6.45) is 0. The molecule has 3 heteroatoms. The average molecular weight is 93.2 g/mol. The quantitative estimate of drug-likeness (QED) is 0.246. The molecule has 1 atom stereocenters. The van der Waals surface area contributed by atoms with Crippen molar-refractivity contribution in [1.29, 1.82) is 0 Å². The van der Waals surface area contributed by atoms with Crippen molar-refractivity contribution in [2.75, 3.05) is 0 Å². The Labute approximate surface area is 36.6 Å². The standard InChI is InChI=1S/C2H7NOS/c1-2(5)3-4/h2-5H,1H3. The van der Waals surface area contributed by atoms with Crippen molar-refractivity contribution < 1.29 is 5.21 Å². The maximum Gasteiger partial charge on any atom is 0.0714 e. The third-order valence-corrected chi connectivity index (χ3v) is 0.302. The van der Waals surface area contributed by atoms with E-state index in [1.807, 2.05) is 5.48 Å². The highest BCUT2D eigenvalue weighted by molar-refractivity contribution is 7.80. The Bertz CT molecular complexity index is 23.6. The zero-order valence-corrected chi connectivity index (χ0v) is 3.87. The Hall–Kier alpha value is 0.270. The zero-order valence-electron chi connectivity index (χ0n) is 2.97. The van der Waals surface area contributed by atoms with Gasteiger partial charge >= 0.3 is 0 Å². The molecular weight excluding hydrogens is 86.1 g/mol. The Balaban J connectivity index is 2.54. The summed E-state index contributed by atoms with van der Waals surface area (Å²) in [7, 11) is 0. The van der Waals surface area contributed by atoms with Crippen LogP contribution in [0.3, 0.4) is 0 Å². The molecule has 32 valence electrons. The average Bonchev–Trinajstić information content (AvgIpc) is 1.38. The van der Waals surface area contributed by atoms with Gasteiger partial charge in [-0.25, -0.2) is 0 Å². The Morgan fingerprint density at radius 2 is 2.20 bits per heavy atom. The van der Waals surface area contributed by atoms with Gasteiger partial charge in [-0.2, -0.15) is 18.1 Å². The summed E-state index contributed by atoms with van der Waals surface area (Å²) in [5.41, 5.74) is 1.89. The summed E-state index contributed by atoms with van der Waals surface area (Å²) >= 11 is 3.74. The van der Waals surface area contributed by atoms with Gasteiger partial charge in [-0.05, 0) is 6.92 Å². The Morgan fingerprint density at radius 1 is 2.00 bits per heavy atom. The summed E-state index contributed by atoms with van der Waals surface area (Å²) in [6.45, 7) is 1.73. The first kappa shape index (κ1) is 5.27. The van der Waals surface area contributed by atoms with E-state index < -0.39 is 0 Å². The van der Waals surface area contributed by atoms with Gasteiger partial charge in [-0.3, -0.25) is 0 Å². The maximum absolute atomic E-state index is 7.82. The molecule has 0 aliphatic carbocycles. The topological polar surface area (TPSA) is 32.3 Å². The van der Waals surface area contributed by atoms with E-state index in [0.29, 0.717) is 0 Å². The number of hydrogen-bond donors (Lipinski definition) is 3. The Kier molecular flexibility index (Phi) is 2.64. The van der Waals surface area contributed by atoms with Crippen LogP contribution < -0.4 is 5.48 Å². The summed E-state index contributed by atoms with van der Waals surface area (Å²) in [5, 5.41) is 7.70. The number of nitrogens with one attached hydrogen (secondary N) is 1. The molecule has 0 aliphatic heterocycles. The minimum atomic E-state index is -0.116. The van der Waals surface area contributed by atoms with Crippen LogP contribution in [-0.4, -0.2) is 10.6 Å². The van der Waals surface area contributed by atoms with Gasteiger partial charge in [0.15, 0.2) is 0 Å². The largest absolute Gasteiger partial charge is 0.316 e. The molecule has 0 saturated carbocycles. The molecule has 0 heterocycles. The lowest BCUT2D eigenvalue weighted by atomic mass is 10.8. The fourth-order valence-corrected chi connectivity index (χ4v) is 0. The second kappa shape index (κ2) is 2.50. The molecule has 0 aromatic rings. The van der Waals surface area contributed by atoms with Gasteiger partial charge in [-0.1, -0.05) is 0 Å². The molecule has 0 aliphatic rings. The fraction of sp³-hybridized carbons (Fsp3) is 1.00. The molecule has 5 heavy (non-hydrogen) atoms. The van der Waals surface area contributed by atoms with Crippen LogP contribution in [0.2, 0.25) is 0 Å². The normalized spacial score (nSPS) is 15.0. The summed E-state index contributed by atoms with van der Waals surface area (Å²) in [6, 6.07) is 0. The van der Waals surface area contributed by atoms with Crippen LogP contribution in [0.15, 0.2) is 0 Å². The van der Waals surface area contributed by atoms with Crippen LogP contribution in [0.4, 0.5) is 0 Å². The van der Waals surface area contributed by atoms with Crippen LogP contribution in [-0.2, 0) is 0 Å². The molecule has 1 unspecified atom stereocenters. The highest BCUT2D eigenvalue weighted by Crippen LogP contribution is 1.78. The van der Waals surface area contributed by atoms with Crippen molar-refractivity contribution in [2.45, 2.75) is 12.3 Å². The highest BCUT2D eigenvalue weighted by Gasteiger charge is 1.79. The van der Waals surface area contributed by atoms with E-state index in [4.69, 9.17) is 5.21 Å². The number of hydrogen-bond acceptors (Lipinski definition) is 3. The summed E-state index contributed by atoms with van der Waals surface area (Å²) in [4.78, 5) is 0. The number of thiol groups is 1. The van der Waals surface area contributed by atoms with Crippen molar-refractivity contribution in [3.05, 3.63) is 0 Å². The minimum absolute atomic E-state index is 0.116. The van der Waals surface area contributed by atoms with E-state index in [-0.39, 0.29) is 5.37 Å². The molecule has 0 bridgehead atoms. The second-order valence-corrected chi connectivity index (χ2v) is 1.58. The van der Waals surface area contributed by atoms with Crippen molar-refractivity contribution in [1.82, 2.24) is 5.48 Å². The first-order valence-corrected chi connectivity index (χ1v) is 1.86. The van der Waals surface area contributed by atoms with E-state index in [1.165, 1.54) is 0 Å². The van der Waals surface area contributed by atoms with Crippen LogP contribution >= 0.6 is 12.6 Å². The van der Waals surface area contributed by atoms with Gasteiger partial charge in [0, 0.05) is 0 Å². The van der Waals surface area contributed by atoms with Crippen molar-refractivity contribution in [3.8, 4) is 0 Å². The molecule has 0 fully saturated rings. The molecule has 2 nitrogen and oxygen atoms in total. The number of hydroxylamine groups is 1. The molecule has 0 spiro atoms. The lowest BCUT2D eigenvalue weighted by Crippen LogP contribution is -2.13. The lowest BCUT2D eigenvalue weighted by molar-refractivity contribution is 0.163. The van der Waals surface area contributed by atoms with Gasteiger partial charge in [0.05, 0.1) is 5.37 Å². The fourth-order valence-electron chi connectivity index (χ4n) is 0. The lowest BCUT2D eigenvalue weighted by Gasteiger charge is -1.92. The van der Waals surface area contributed by atoms with Crippen LogP contribution in [0.1, 0.15) is 6.92 Å². The molecule has 0 aromatic heterocycles. The van der Waals surface area contributed by atoms with Crippen LogP contribution in [0.25, 0.3) is 0 Å². The SMILES string of the molecule is CC(S)NO. The summed E-state index contributed by atoms with van der Waals surface area (Å²) in [5.74, 6) is 0. The van der Waals surface area contributed by atoms with Crippen LogP contribution in [0, 0.1) is 0 Å². The zero-order chi connectivity index (χ0) is 4.28. The van der Waals surface area contributed by atoms with Crippen LogP contribution in [0.5, 0.6) is 0 Å². The van der Waals surface area contributed by atoms with E-state index in [2.05, 4.69) is 12.6 Å². The Morgan fingerprint density at radius 3 is 2.20 bits per heavy atom. The predicted octanol–water partition coefficient (Wildman–Crippen LogP) is 0.241. The number of rotatable bonds is 1. The predicted molar refractivity (Wildman–Crippen MR) is 23.4 cm³/mol. The van der Waals surface area contributed by atoms with E-state index >= 15 is 0 Å². The third-order valence-electron chi connectivity index (χ3n) is 0.187. The van der Waals surface area contributed by atoms with Gasteiger partial charge in [0.2, 0.25) is 0 Å². The highest BCUT2D eigenvalue weighted by atomic mass is 32.1. The molecule has 2 N–H and O–H groups in total. The summed E-state index contributed by atoms with van der Waals surface area (Å²) < 4.78 is 0.